The van der Waals surface area contributed by atoms with Crippen molar-refractivity contribution in [1.29, 1.82) is 0 Å². The first-order valence-electron chi connectivity index (χ1n) is 8.12. The molecule has 0 amide bonds. The predicted octanol–water partition coefficient (Wildman–Crippen LogP) is 4.95. The van der Waals surface area contributed by atoms with Gasteiger partial charge in [-0.3, -0.25) is 0 Å². The van der Waals surface area contributed by atoms with Crippen LogP contribution in [0.4, 0.5) is 23.1 Å². The lowest BCUT2D eigenvalue weighted by Crippen LogP contribution is -2.05. The molecule has 0 radical (unpaired) electrons. The zero-order valence-electron chi connectivity index (χ0n) is 15.1. The van der Waals surface area contributed by atoms with Gasteiger partial charge in [-0.1, -0.05) is 29.8 Å². The number of nitrogens with one attached hydrogen (secondary N) is 2. The van der Waals surface area contributed by atoms with Crippen molar-refractivity contribution in [3.8, 4) is 5.75 Å². The van der Waals surface area contributed by atoms with Gasteiger partial charge in [0.2, 0.25) is 5.95 Å². The van der Waals surface area contributed by atoms with Gasteiger partial charge in [0, 0.05) is 16.8 Å². The first-order chi connectivity index (χ1) is 12.5. The summed E-state index contributed by atoms with van der Waals surface area (Å²) < 4.78 is 5.38. The Bertz CT molecular complexity index is 925. The van der Waals surface area contributed by atoms with Gasteiger partial charge in [-0.2, -0.15) is 10.1 Å². The van der Waals surface area contributed by atoms with Gasteiger partial charge in [-0.15, -0.1) is 5.10 Å². The largest absolute Gasteiger partial charge is 0.495 e. The van der Waals surface area contributed by atoms with Crippen molar-refractivity contribution < 1.29 is 4.74 Å². The zero-order valence-corrected chi connectivity index (χ0v) is 15.8. The quantitative estimate of drug-likeness (QED) is 0.663. The van der Waals surface area contributed by atoms with E-state index in [1.807, 2.05) is 45.0 Å². The van der Waals surface area contributed by atoms with Crippen molar-refractivity contribution in [3.05, 3.63) is 58.2 Å². The van der Waals surface area contributed by atoms with Crippen LogP contribution in [0.3, 0.4) is 0 Å². The summed E-state index contributed by atoms with van der Waals surface area (Å²) in [5.41, 5.74) is 4.90. The molecule has 0 spiro atoms. The number of rotatable bonds is 5. The van der Waals surface area contributed by atoms with Crippen molar-refractivity contribution in [2.75, 3.05) is 17.7 Å². The highest BCUT2D eigenvalue weighted by Crippen LogP contribution is 2.32. The molecule has 0 fully saturated rings. The molecule has 26 heavy (non-hydrogen) atoms. The molecule has 0 saturated carbocycles. The molecule has 134 valence electrons. The average Bonchev–Trinajstić information content (AvgIpc) is 2.61. The highest BCUT2D eigenvalue weighted by atomic mass is 35.5. The van der Waals surface area contributed by atoms with Crippen molar-refractivity contribution in [2.24, 2.45) is 0 Å². The van der Waals surface area contributed by atoms with E-state index in [1.54, 1.807) is 19.4 Å². The van der Waals surface area contributed by atoms with E-state index >= 15 is 0 Å². The Morgan fingerprint density at radius 1 is 1.00 bits per heavy atom. The zero-order chi connectivity index (χ0) is 18.7. The third-order valence-corrected chi connectivity index (χ3v) is 4.43. The number of nitrogens with zero attached hydrogens (tertiary/aromatic N) is 3. The van der Waals surface area contributed by atoms with Gasteiger partial charge in [0.15, 0.2) is 5.82 Å². The third-order valence-electron chi connectivity index (χ3n) is 4.02. The van der Waals surface area contributed by atoms with Gasteiger partial charge in [-0.25, -0.2) is 0 Å². The SMILES string of the molecule is COc1cc(Cl)c(C)cc1Nc1cnnc(Nc2c(C)cccc2C)n1. The number of halogens is 1. The fraction of sp³-hybridized carbons (Fsp3) is 0.211. The molecule has 2 aromatic carbocycles. The molecule has 0 aliphatic heterocycles. The number of aromatic nitrogens is 3. The Morgan fingerprint density at radius 2 is 1.73 bits per heavy atom. The fourth-order valence-corrected chi connectivity index (χ4v) is 2.76. The Labute approximate surface area is 157 Å². The maximum atomic E-state index is 6.16. The Hall–Kier alpha value is -2.86. The van der Waals surface area contributed by atoms with Gasteiger partial charge in [0.05, 0.1) is 19.0 Å². The number of hydrogen-bond acceptors (Lipinski definition) is 6. The average molecular weight is 370 g/mol. The molecule has 0 atom stereocenters. The topological polar surface area (TPSA) is 72.0 Å². The van der Waals surface area contributed by atoms with Gasteiger partial charge < -0.3 is 15.4 Å². The number of para-hydroxylation sites is 1. The van der Waals surface area contributed by atoms with E-state index in [-0.39, 0.29) is 0 Å². The van der Waals surface area contributed by atoms with E-state index in [4.69, 9.17) is 16.3 Å². The van der Waals surface area contributed by atoms with Crippen LogP contribution in [0.15, 0.2) is 36.5 Å². The second-order valence-electron chi connectivity index (χ2n) is 5.98. The summed E-state index contributed by atoms with van der Waals surface area (Å²) >= 11 is 6.16. The van der Waals surface area contributed by atoms with Crippen molar-refractivity contribution in [1.82, 2.24) is 15.2 Å². The monoisotopic (exact) mass is 369 g/mol. The molecule has 0 aliphatic rings. The summed E-state index contributed by atoms with van der Waals surface area (Å²) in [4.78, 5) is 4.49. The smallest absolute Gasteiger partial charge is 0.249 e. The molecular formula is C19H20ClN5O. The van der Waals surface area contributed by atoms with Crippen LogP contribution in [0.1, 0.15) is 16.7 Å². The number of aryl methyl sites for hydroxylation is 3. The minimum atomic E-state index is 0.414. The number of ether oxygens (including phenoxy) is 1. The Balaban J connectivity index is 1.88. The third kappa shape index (κ3) is 3.86. The lowest BCUT2D eigenvalue weighted by atomic mass is 10.1. The number of anilines is 4. The second-order valence-corrected chi connectivity index (χ2v) is 6.39. The number of hydrogen-bond donors (Lipinski definition) is 2. The van der Waals surface area contributed by atoms with E-state index in [9.17, 15) is 0 Å². The van der Waals surface area contributed by atoms with Crippen molar-refractivity contribution >= 4 is 34.7 Å². The van der Waals surface area contributed by atoms with Crippen LogP contribution in [0, 0.1) is 20.8 Å². The maximum absolute atomic E-state index is 6.16. The lowest BCUT2D eigenvalue weighted by molar-refractivity contribution is 0.416. The molecule has 1 aromatic heterocycles. The molecule has 3 rings (SSSR count). The van der Waals surface area contributed by atoms with E-state index in [0.717, 1.165) is 28.1 Å². The lowest BCUT2D eigenvalue weighted by Gasteiger charge is -2.14. The van der Waals surface area contributed by atoms with Crippen LogP contribution < -0.4 is 15.4 Å². The molecule has 6 nitrogen and oxygen atoms in total. The van der Waals surface area contributed by atoms with E-state index in [2.05, 4.69) is 25.8 Å². The second kappa shape index (κ2) is 7.58. The molecule has 0 bridgehead atoms. The molecule has 0 saturated heterocycles. The van der Waals surface area contributed by atoms with Crippen LogP contribution in [-0.4, -0.2) is 22.3 Å². The van der Waals surface area contributed by atoms with Crippen LogP contribution in [0.2, 0.25) is 5.02 Å². The first kappa shape index (κ1) is 17.9. The Morgan fingerprint density at radius 3 is 2.42 bits per heavy atom. The van der Waals surface area contributed by atoms with Crippen LogP contribution >= 0.6 is 11.6 Å². The minimum Gasteiger partial charge on any atom is -0.495 e. The standard InChI is InChI=1S/C19H20ClN5O/c1-11-6-5-7-12(2)18(11)24-19-23-17(10-21-25-19)22-15-8-13(3)14(20)9-16(15)26-4/h5-10H,1-4H3,(H2,22,23,24,25). The molecule has 1 heterocycles. The highest BCUT2D eigenvalue weighted by molar-refractivity contribution is 6.31. The molecular weight excluding hydrogens is 350 g/mol. The maximum Gasteiger partial charge on any atom is 0.249 e. The van der Waals surface area contributed by atoms with Gasteiger partial charge in [0.25, 0.3) is 0 Å². The minimum absolute atomic E-state index is 0.414. The summed E-state index contributed by atoms with van der Waals surface area (Å²) in [6.07, 6.45) is 1.55. The molecule has 0 unspecified atom stereocenters. The predicted molar refractivity (Wildman–Crippen MR) is 105 cm³/mol. The first-order valence-corrected chi connectivity index (χ1v) is 8.50. The number of methoxy groups -OCH3 is 1. The molecule has 3 aromatic rings. The summed E-state index contributed by atoms with van der Waals surface area (Å²) in [5, 5.41) is 15.2. The van der Waals surface area contributed by atoms with Gasteiger partial charge in [-0.05, 0) is 43.5 Å². The van der Waals surface area contributed by atoms with Crippen molar-refractivity contribution in [2.45, 2.75) is 20.8 Å². The molecule has 2 N–H and O–H groups in total. The van der Waals surface area contributed by atoms with E-state index in [0.29, 0.717) is 22.5 Å². The van der Waals surface area contributed by atoms with E-state index in [1.165, 1.54) is 0 Å². The normalized spacial score (nSPS) is 10.5. The highest BCUT2D eigenvalue weighted by Gasteiger charge is 2.10. The van der Waals surface area contributed by atoms with Crippen LogP contribution in [-0.2, 0) is 0 Å². The Kier molecular flexibility index (Phi) is 5.23. The van der Waals surface area contributed by atoms with Crippen LogP contribution in [0.25, 0.3) is 0 Å². The van der Waals surface area contributed by atoms with Gasteiger partial charge >= 0.3 is 0 Å². The fourth-order valence-electron chi connectivity index (χ4n) is 2.61. The number of benzene rings is 2. The van der Waals surface area contributed by atoms with Gasteiger partial charge in [0.1, 0.15) is 5.75 Å². The molecule has 7 heteroatoms. The van der Waals surface area contributed by atoms with E-state index < -0.39 is 0 Å². The van der Waals surface area contributed by atoms with Crippen molar-refractivity contribution in [3.63, 3.8) is 0 Å². The summed E-state index contributed by atoms with van der Waals surface area (Å²) in [7, 11) is 1.60. The molecule has 0 aliphatic carbocycles. The summed E-state index contributed by atoms with van der Waals surface area (Å²) in [5.74, 6) is 1.59. The summed E-state index contributed by atoms with van der Waals surface area (Å²) in [6, 6.07) is 9.76. The summed E-state index contributed by atoms with van der Waals surface area (Å²) in [6.45, 7) is 6.00. The van der Waals surface area contributed by atoms with Crippen LogP contribution in [0.5, 0.6) is 5.75 Å².